The number of alkyl halides is 3. The summed E-state index contributed by atoms with van der Waals surface area (Å²) in [6.07, 6.45) is -3.91. The highest BCUT2D eigenvalue weighted by Crippen LogP contribution is 2.24. The Hall–Kier alpha value is -2.75. The fourth-order valence-corrected chi connectivity index (χ4v) is 2.65. The maximum Gasteiger partial charge on any atom is 0.573 e. The van der Waals surface area contributed by atoms with Crippen molar-refractivity contribution in [2.75, 3.05) is 16.3 Å². The second-order valence-electron chi connectivity index (χ2n) is 5.34. The highest BCUT2D eigenvalue weighted by Gasteiger charge is 2.30. The van der Waals surface area contributed by atoms with Gasteiger partial charge in [0.25, 0.3) is 0 Å². The zero-order chi connectivity index (χ0) is 19.4. The molecule has 1 amide bonds. The number of para-hydroxylation sites is 2. The molecular weight excluding hydrogens is 373 g/mol. The van der Waals surface area contributed by atoms with Gasteiger partial charge in [0.05, 0.1) is 24.1 Å². The van der Waals surface area contributed by atoms with Crippen LogP contribution < -0.4 is 14.8 Å². The summed E-state index contributed by atoms with van der Waals surface area (Å²) in [5.41, 5.74) is 0.933. The lowest BCUT2D eigenvalue weighted by molar-refractivity contribution is -0.274. The zero-order valence-electron chi connectivity index (χ0n) is 13.5. The molecule has 0 spiro atoms. The molecule has 0 aliphatic carbocycles. The Morgan fingerprint density at radius 1 is 1.04 bits per heavy atom. The van der Waals surface area contributed by atoms with Gasteiger partial charge < -0.3 is 10.1 Å². The first kappa shape index (κ1) is 19.6. The summed E-state index contributed by atoms with van der Waals surface area (Å²) in [5, 5.41) is 2.56. The average molecular weight is 388 g/mol. The Bertz CT molecular complexity index is 881. The van der Waals surface area contributed by atoms with Gasteiger partial charge in [0.2, 0.25) is 15.9 Å². The van der Waals surface area contributed by atoms with Gasteiger partial charge in [0.15, 0.2) is 0 Å². The summed E-state index contributed by atoms with van der Waals surface area (Å²) >= 11 is 0. The molecule has 0 bridgehead atoms. The highest BCUT2D eigenvalue weighted by molar-refractivity contribution is 7.92. The van der Waals surface area contributed by atoms with Gasteiger partial charge in [-0.2, -0.15) is 0 Å². The molecule has 0 heterocycles. The monoisotopic (exact) mass is 388 g/mol. The second kappa shape index (κ2) is 7.65. The lowest BCUT2D eigenvalue weighted by atomic mass is 10.1. The zero-order valence-corrected chi connectivity index (χ0v) is 14.3. The van der Waals surface area contributed by atoms with Crippen LogP contribution in [0.15, 0.2) is 48.5 Å². The minimum atomic E-state index is -4.78. The Morgan fingerprint density at radius 3 is 2.15 bits per heavy atom. The van der Waals surface area contributed by atoms with Crippen LogP contribution in [0.2, 0.25) is 0 Å². The van der Waals surface area contributed by atoms with Crippen LogP contribution in [0.1, 0.15) is 5.56 Å². The molecule has 0 unspecified atom stereocenters. The normalized spacial score (nSPS) is 11.7. The number of nitrogens with one attached hydrogen (secondary N) is 2. The van der Waals surface area contributed by atoms with Crippen molar-refractivity contribution < 1.29 is 31.1 Å². The van der Waals surface area contributed by atoms with E-state index in [4.69, 9.17) is 0 Å². The molecule has 0 aromatic heterocycles. The Morgan fingerprint density at radius 2 is 1.62 bits per heavy atom. The number of anilines is 2. The van der Waals surface area contributed by atoms with Gasteiger partial charge in [-0.1, -0.05) is 24.3 Å². The van der Waals surface area contributed by atoms with Crippen molar-refractivity contribution in [1.82, 2.24) is 0 Å². The maximum atomic E-state index is 12.1. The molecule has 10 heteroatoms. The first-order valence-corrected chi connectivity index (χ1v) is 9.12. The standard InChI is InChI=1S/C16H15F3N2O4S/c1-26(23,24)21-14-5-3-2-4-13(14)20-15(22)10-11-6-8-12(9-7-11)25-16(17,18)19/h2-9,21H,10H2,1H3,(H,20,22). The minimum Gasteiger partial charge on any atom is -0.406 e. The van der Waals surface area contributed by atoms with E-state index < -0.39 is 22.3 Å². The van der Waals surface area contributed by atoms with E-state index >= 15 is 0 Å². The van der Waals surface area contributed by atoms with E-state index in [2.05, 4.69) is 14.8 Å². The molecular formula is C16H15F3N2O4S. The van der Waals surface area contributed by atoms with E-state index in [0.29, 0.717) is 5.56 Å². The predicted octanol–water partition coefficient (Wildman–Crippen LogP) is 3.14. The SMILES string of the molecule is CS(=O)(=O)Nc1ccccc1NC(=O)Cc1ccc(OC(F)(F)F)cc1. The highest BCUT2D eigenvalue weighted by atomic mass is 32.2. The van der Waals surface area contributed by atoms with E-state index in [-0.39, 0.29) is 23.5 Å². The largest absolute Gasteiger partial charge is 0.573 e. The Kier molecular flexibility index (Phi) is 5.76. The van der Waals surface area contributed by atoms with Gasteiger partial charge >= 0.3 is 6.36 Å². The van der Waals surface area contributed by atoms with Crippen LogP contribution in [0.3, 0.4) is 0 Å². The van der Waals surface area contributed by atoms with E-state index in [1.165, 1.54) is 24.3 Å². The third kappa shape index (κ3) is 6.63. The quantitative estimate of drug-likeness (QED) is 0.796. The van der Waals surface area contributed by atoms with E-state index in [0.717, 1.165) is 18.4 Å². The van der Waals surface area contributed by atoms with Crippen molar-refractivity contribution >= 4 is 27.3 Å². The van der Waals surface area contributed by atoms with Crippen molar-refractivity contribution in [2.45, 2.75) is 12.8 Å². The molecule has 6 nitrogen and oxygen atoms in total. The van der Waals surface area contributed by atoms with Gasteiger partial charge in [-0.25, -0.2) is 8.42 Å². The van der Waals surface area contributed by atoms with Crippen molar-refractivity contribution in [3.05, 3.63) is 54.1 Å². The third-order valence-corrected chi connectivity index (χ3v) is 3.61. The van der Waals surface area contributed by atoms with Crippen LogP contribution in [0.4, 0.5) is 24.5 Å². The van der Waals surface area contributed by atoms with Crippen molar-refractivity contribution in [1.29, 1.82) is 0 Å². The summed E-state index contributed by atoms with van der Waals surface area (Å²) in [7, 11) is -3.52. The number of sulfonamides is 1. The molecule has 0 radical (unpaired) electrons. The molecule has 0 atom stereocenters. The number of amides is 1. The number of carbonyl (C=O) groups is 1. The maximum absolute atomic E-state index is 12.1. The average Bonchev–Trinajstić information content (AvgIpc) is 2.48. The van der Waals surface area contributed by atoms with Crippen LogP contribution in [-0.4, -0.2) is 26.9 Å². The van der Waals surface area contributed by atoms with E-state index in [9.17, 15) is 26.4 Å². The Labute approximate surface area is 148 Å². The number of ether oxygens (including phenoxy) is 1. The molecule has 0 saturated heterocycles. The molecule has 2 aromatic rings. The van der Waals surface area contributed by atoms with Crippen LogP contribution >= 0.6 is 0 Å². The first-order valence-electron chi connectivity index (χ1n) is 7.23. The lowest BCUT2D eigenvalue weighted by Crippen LogP contribution is -2.18. The Balaban J connectivity index is 2.03. The van der Waals surface area contributed by atoms with E-state index in [1.807, 2.05) is 0 Å². The van der Waals surface area contributed by atoms with Crippen molar-refractivity contribution in [3.63, 3.8) is 0 Å². The van der Waals surface area contributed by atoms with E-state index in [1.54, 1.807) is 12.1 Å². The van der Waals surface area contributed by atoms with Crippen LogP contribution in [0.25, 0.3) is 0 Å². The van der Waals surface area contributed by atoms with Gasteiger partial charge in [0.1, 0.15) is 5.75 Å². The number of hydrogen-bond acceptors (Lipinski definition) is 4. The van der Waals surface area contributed by atoms with Gasteiger partial charge in [-0.3, -0.25) is 9.52 Å². The molecule has 2 aromatic carbocycles. The third-order valence-electron chi connectivity index (χ3n) is 3.02. The summed E-state index contributed by atoms with van der Waals surface area (Å²) in [5.74, 6) is -0.846. The topological polar surface area (TPSA) is 84.5 Å². The van der Waals surface area contributed by atoms with Crippen LogP contribution in [0.5, 0.6) is 5.75 Å². The number of hydrogen-bond donors (Lipinski definition) is 2. The smallest absolute Gasteiger partial charge is 0.406 e. The fraction of sp³-hybridized carbons (Fsp3) is 0.188. The number of rotatable bonds is 6. The number of halogens is 3. The second-order valence-corrected chi connectivity index (χ2v) is 7.08. The number of benzene rings is 2. The molecule has 0 aliphatic heterocycles. The summed E-state index contributed by atoms with van der Waals surface area (Å²) in [6, 6.07) is 11.1. The van der Waals surface area contributed by atoms with Gasteiger partial charge in [-0.05, 0) is 29.8 Å². The van der Waals surface area contributed by atoms with Crippen LogP contribution in [-0.2, 0) is 21.2 Å². The summed E-state index contributed by atoms with van der Waals surface area (Å²) in [4.78, 5) is 12.1. The predicted molar refractivity (Wildman–Crippen MR) is 90.4 cm³/mol. The summed E-state index contributed by atoms with van der Waals surface area (Å²) in [6.45, 7) is 0. The molecule has 140 valence electrons. The van der Waals surface area contributed by atoms with Crippen molar-refractivity contribution in [2.24, 2.45) is 0 Å². The van der Waals surface area contributed by atoms with Crippen LogP contribution in [0, 0.1) is 0 Å². The minimum absolute atomic E-state index is 0.112. The molecule has 0 saturated carbocycles. The first-order chi connectivity index (χ1) is 12.0. The number of carbonyl (C=O) groups excluding carboxylic acids is 1. The molecule has 26 heavy (non-hydrogen) atoms. The molecule has 0 aliphatic rings. The summed E-state index contributed by atoms with van der Waals surface area (Å²) < 4.78 is 65.1. The molecule has 0 fully saturated rings. The van der Waals surface area contributed by atoms with Crippen molar-refractivity contribution in [3.8, 4) is 5.75 Å². The fourth-order valence-electron chi connectivity index (χ4n) is 2.07. The van der Waals surface area contributed by atoms with Gasteiger partial charge in [-0.15, -0.1) is 13.2 Å². The molecule has 2 N–H and O–H groups in total. The van der Waals surface area contributed by atoms with Gasteiger partial charge in [0, 0.05) is 0 Å². The lowest BCUT2D eigenvalue weighted by Gasteiger charge is -2.12. The molecule has 2 rings (SSSR count).